The number of rotatable bonds is 5. The van der Waals surface area contributed by atoms with Crippen LogP contribution in [0.1, 0.15) is 41.4 Å². The molecule has 2 bridgehead atoms. The highest BCUT2D eigenvalue weighted by molar-refractivity contribution is 5.81. The first kappa shape index (κ1) is 20.2. The van der Waals surface area contributed by atoms with E-state index in [1.54, 1.807) is 14.2 Å². The molecule has 2 aliphatic heterocycles. The summed E-state index contributed by atoms with van der Waals surface area (Å²) in [7, 11) is 3.32. The molecule has 4 aromatic rings. The van der Waals surface area contributed by atoms with Gasteiger partial charge in [-0.05, 0) is 43.0 Å². The van der Waals surface area contributed by atoms with E-state index in [0.717, 1.165) is 41.2 Å². The average Bonchev–Trinajstić information content (AvgIpc) is 3.32. The molecule has 2 atom stereocenters. The summed E-state index contributed by atoms with van der Waals surface area (Å²) < 4.78 is 13.1. The van der Waals surface area contributed by atoms with Gasteiger partial charge in [-0.15, -0.1) is 0 Å². The summed E-state index contributed by atoms with van der Waals surface area (Å²) in [5.74, 6) is 1.43. The van der Waals surface area contributed by atoms with Gasteiger partial charge < -0.3 is 9.47 Å². The monoisotopic (exact) mass is 440 g/mol. The fourth-order valence-electron chi connectivity index (χ4n) is 5.71. The quantitative estimate of drug-likeness (QED) is 0.438. The summed E-state index contributed by atoms with van der Waals surface area (Å²) in [6, 6.07) is 17.7. The van der Waals surface area contributed by atoms with Gasteiger partial charge in [-0.3, -0.25) is 4.90 Å². The molecule has 0 unspecified atom stereocenters. The van der Waals surface area contributed by atoms with Gasteiger partial charge in [0.1, 0.15) is 0 Å². The van der Waals surface area contributed by atoms with Crippen molar-refractivity contribution in [2.24, 2.45) is 0 Å². The van der Waals surface area contributed by atoms with Crippen molar-refractivity contribution >= 4 is 5.65 Å². The molecule has 0 N–H and O–H groups in total. The molecule has 6 nitrogen and oxygen atoms in total. The maximum Gasteiger partial charge on any atom is 0.163 e. The molecule has 2 aliphatic rings. The Morgan fingerprint density at radius 2 is 1.82 bits per heavy atom. The van der Waals surface area contributed by atoms with Crippen LogP contribution in [0.3, 0.4) is 0 Å². The van der Waals surface area contributed by atoms with Gasteiger partial charge in [-0.1, -0.05) is 36.4 Å². The van der Waals surface area contributed by atoms with Gasteiger partial charge in [0.2, 0.25) is 0 Å². The Balaban J connectivity index is 1.42. The first-order valence-corrected chi connectivity index (χ1v) is 11.6. The zero-order valence-electron chi connectivity index (χ0n) is 19.3. The summed E-state index contributed by atoms with van der Waals surface area (Å²) in [5.41, 5.74) is 7.99. The second-order valence-electron chi connectivity index (χ2n) is 9.03. The highest BCUT2D eigenvalue weighted by Gasteiger charge is 2.41. The first-order valence-electron chi connectivity index (χ1n) is 11.6. The van der Waals surface area contributed by atoms with E-state index in [1.807, 2.05) is 12.1 Å². The smallest absolute Gasteiger partial charge is 0.163 e. The number of hydrogen-bond acceptors (Lipinski definition) is 5. The molecule has 0 amide bonds. The normalized spacial score (nSPS) is 19.6. The van der Waals surface area contributed by atoms with E-state index in [0.29, 0.717) is 17.8 Å². The lowest BCUT2D eigenvalue weighted by molar-refractivity contribution is 0.165. The van der Waals surface area contributed by atoms with Crippen LogP contribution in [-0.4, -0.2) is 39.8 Å². The van der Waals surface area contributed by atoms with Crippen molar-refractivity contribution in [1.82, 2.24) is 19.5 Å². The molecule has 0 aliphatic carbocycles. The minimum absolute atomic E-state index is 0.407. The van der Waals surface area contributed by atoms with Crippen LogP contribution >= 0.6 is 0 Å². The highest BCUT2D eigenvalue weighted by Crippen LogP contribution is 2.45. The number of aromatic nitrogens is 3. The standard InChI is InChI=1S/C27H28N4O2/c1-17-26(19-9-12-24(32-2)25(13-19)33-3)27-28-15-21-22-11-10-20(14-23(21)31(27)29-17)30(22)16-18-7-5-4-6-8-18/h4-9,12-13,15,20,22H,10-11,14,16H2,1-3H3/t20-,22+/m1/s1. The average molecular weight is 441 g/mol. The zero-order chi connectivity index (χ0) is 22.5. The Hall–Kier alpha value is -3.38. The lowest BCUT2D eigenvalue weighted by atomic mass is 9.98. The van der Waals surface area contributed by atoms with Gasteiger partial charge in [0.05, 0.1) is 25.6 Å². The molecule has 6 rings (SSSR count). The number of nitrogens with zero attached hydrogens (tertiary/aromatic N) is 4. The maximum absolute atomic E-state index is 5.54. The molecule has 33 heavy (non-hydrogen) atoms. The molecular formula is C27H28N4O2. The van der Waals surface area contributed by atoms with Gasteiger partial charge in [0.15, 0.2) is 17.1 Å². The minimum atomic E-state index is 0.407. The number of methoxy groups -OCH3 is 2. The molecule has 6 heteroatoms. The predicted molar refractivity (Wildman–Crippen MR) is 128 cm³/mol. The largest absolute Gasteiger partial charge is 0.493 e. The van der Waals surface area contributed by atoms with Crippen LogP contribution in [-0.2, 0) is 13.0 Å². The van der Waals surface area contributed by atoms with Crippen LogP contribution in [0.25, 0.3) is 16.8 Å². The summed E-state index contributed by atoms with van der Waals surface area (Å²) in [4.78, 5) is 7.61. The van der Waals surface area contributed by atoms with Crippen molar-refractivity contribution < 1.29 is 9.47 Å². The Kier molecular flexibility index (Phi) is 4.84. The fraction of sp³-hybridized carbons (Fsp3) is 0.333. The van der Waals surface area contributed by atoms with E-state index in [2.05, 4.69) is 58.9 Å². The van der Waals surface area contributed by atoms with Crippen LogP contribution in [0, 0.1) is 6.92 Å². The van der Waals surface area contributed by atoms with Crippen molar-refractivity contribution in [3.63, 3.8) is 0 Å². The van der Waals surface area contributed by atoms with Crippen LogP contribution < -0.4 is 9.47 Å². The van der Waals surface area contributed by atoms with Crippen molar-refractivity contribution in [3.05, 3.63) is 77.2 Å². The van der Waals surface area contributed by atoms with E-state index in [1.165, 1.54) is 29.7 Å². The van der Waals surface area contributed by atoms with E-state index < -0.39 is 0 Å². The summed E-state index contributed by atoms with van der Waals surface area (Å²) >= 11 is 0. The van der Waals surface area contributed by atoms with Crippen molar-refractivity contribution in [2.75, 3.05) is 14.2 Å². The Morgan fingerprint density at radius 1 is 1.00 bits per heavy atom. The summed E-state index contributed by atoms with van der Waals surface area (Å²) in [6.45, 7) is 3.05. The Labute approximate surface area is 193 Å². The van der Waals surface area contributed by atoms with Gasteiger partial charge in [0, 0.05) is 42.4 Å². The fourth-order valence-corrected chi connectivity index (χ4v) is 5.71. The van der Waals surface area contributed by atoms with Crippen LogP contribution in [0.15, 0.2) is 54.7 Å². The minimum Gasteiger partial charge on any atom is -0.493 e. The van der Waals surface area contributed by atoms with E-state index >= 15 is 0 Å². The SMILES string of the molecule is COc1ccc(-c2c(C)nn3c4c(cnc23)[C@@H]2CC[C@H](C4)N2Cc2ccccc2)cc1OC. The molecule has 0 saturated carbocycles. The molecule has 0 radical (unpaired) electrons. The van der Waals surface area contributed by atoms with Crippen LogP contribution in [0.2, 0.25) is 0 Å². The highest BCUT2D eigenvalue weighted by atomic mass is 16.5. The van der Waals surface area contributed by atoms with Gasteiger partial charge in [-0.25, -0.2) is 9.50 Å². The third-order valence-corrected chi connectivity index (χ3v) is 7.26. The van der Waals surface area contributed by atoms with Gasteiger partial charge in [0.25, 0.3) is 0 Å². The molecule has 0 spiro atoms. The summed E-state index contributed by atoms with van der Waals surface area (Å²) in [5, 5.41) is 4.97. The van der Waals surface area contributed by atoms with Crippen molar-refractivity contribution in [1.29, 1.82) is 0 Å². The molecule has 1 saturated heterocycles. The van der Waals surface area contributed by atoms with Crippen molar-refractivity contribution in [3.8, 4) is 22.6 Å². The molecular weight excluding hydrogens is 412 g/mol. The van der Waals surface area contributed by atoms with Crippen molar-refractivity contribution in [2.45, 2.75) is 44.8 Å². The number of aryl methyl sites for hydroxylation is 1. The number of benzene rings is 2. The second-order valence-corrected chi connectivity index (χ2v) is 9.03. The van der Waals surface area contributed by atoms with E-state index in [9.17, 15) is 0 Å². The predicted octanol–water partition coefficient (Wildman–Crippen LogP) is 4.98. The second kappa shape index (κ2) is 7.89. The Bertz CT molecular complexity index is 1330. The molecule has 2 aromatic carbocycles. The number of fused-ring (bicyclic) bond motifs is 6. The van der Waals surface area contributed by atoms with E-state index in [-0.39, 0.29) is 0 Å². The van der Waals surface area contributed by atoms with E-state index in [4.69, 9.17) is 19.6 Å². The number of ether oxygens (including phenoxy) is 2. The maximum atomic E-state index is 5.54. The van der Waals surface area contributed by atoms with Crippen LogP contribution in [0.5, 0.6) is 11.5 Å². The van der Waals surface area contributed by atoms with Crippen LogP contribution in [0.4, 0.5) is 0 Å². The third-order valence-electron chi connectivity index (χ3n) is 7.26. The topological polar surface area (TPSA) is 51.9 Å². The zero-order valence-corrected chi connectivity index (χ0v) is 19.3. The molecule has 168 valence electrons. The Morgan fingerprint density at radius 3 is 2.61 bits per heavy atom. The molecule has 2 aromatic heterocycles. The lowest BCUT2D eigenvalue weighted by Gasteiger charge is -2.36. The third kappa shape index (κ3) is 3.20. The first-order chi connectivity index (χ1) is 16.2. The number of hydrogen-bond donors (Lipinski definition) is 0. The molecule has 4 heterocycles. The van der Waals surface area contributed by atoms with Gasteiger partial charge in [-0.2, -0.15) is 5.10 Å². The molecule has 1 fully saturated rings. The van der Waals surface area contributed by atoms with Gasteiger partial charge >= 0.3 is 0 Å². The summed E-state index contributed by atoms with van der Waals surface area (Å²) in [6.07, 6.45) is 5.50. The lowest BCUT2D eigenvalue weighted by Crippen LogP contribution is -2.38.